The van der Waals surface area contributed by atoms with Crippen molar-refractivity contribution in [1.29, 1.82) is 0 Å². The second kappa shape index (κ2) is 45.1. The van der Waals surface area contributed by atoms with Gasteiger partial charge in [-0.15, -0.1) is 0 Å². The summed E-state index contributed by atoms with van der Waals surface area (Å²) in [6.45, 7) is -1.22. The van der Waals surface area contributed by atoms with Gasteiger partial charge in [-0.3, -0.25) is 33.8 Å². The van der Waals surface area contributed by atoms with Gasteiger partial charge in [0, 0.05) is 25.0 Å². The number of imide groups is 2. The lowest BCUT2D eigenvalue weighted by Gasteiger charge is -2.54. The van der Waals surface area contributed by atoms with Crippen LogP contribution in [-0.4, -0.2) is 248 Å². The number of fused-ring (bicyclic) bond motifs is 2. The van der Waals surface area contributed by atoms with Crippen LogP contribution in [0.25, 0.3) is 10.4 Å². The number of nitrogens with zero attached hydrogens (tertiary/aromatic N) is 5. The van der Waals surface area contributed by atoms with Gasteiger partial charge >= 0.3 is 53.7 Å². The molecule has 0 saturated carbocycles. The van der Waals surface area contributed by atoms with Crippen LogP contribution >= 0.6 is 0 Å². The Hall–Kier alpha value is -15.3. The van der Waals surface area contributed by atoms with E-state index >= 15 is 38.4 Å². The molecule has 0 radical (unpaired) electrons. The first-order valence-electron chi connectivity index (χ1n) is 44.6. The van der Waals surface area contributed by atoms with Gasteiger partial charge in [0.2, 0.25) is 0 Å². The van der Waals surface area contributed by atoms with Crippen molar-refractivity contribution in [2.24, 2.45) is 5.11 Å². The molecule has 4 fully saturated rings. The number of amides is 4. The summed E-state index contributed by atoms with van der Waals surface area (Å²) >= 11 is 0. The molecule has 4 amide bonds. The Morgan fingerprint density at radius 2 is 0.626 bits per heavy atom. The number of rotatable bonds is 35. The van der Waals surface area contributed by atoms with E-state index in [-0.39, 0.29) is 86.3 Å². The fourth-order valence-electron chi connectivity index (χ4n) is 17.0. The van der Waals surface area contributed by atoms with Crippen molar-refractivity contribution in [3.8, 4) is 0 Å². The Kier molecular flexibility index (Phi) is 31.4. The maximum atomic E-state index is 16.6. The van der Waals surface area contributed by atoms with Crippen LogP contribution in [0, 0.1) is 0 Å². The number of hydrogen-bond acceptors (Lipinski definition) is 32. The number of aliphatic hydroxyl groups is 1. The number of ether oxygens (including phenoxy) is 17. The first-order valence-corrected chi connectivity index (χ1v) is 44.6. The monoisotopic (exact) mass is 1890 g/mol. The lowest BCUT2D eigenvalue weighted by atomic mass is 9.91. The summed E-state index contributed by atoms with van der Waals surface area (Å²) in [5.41, 5.74) is 7.34. The molecule has 10 aromatic rings. The molecule has 6 heterocycles. The van der Waals surface area contributed by atoms with Crippen LogP contribution in [0.1, 0.15) is 157 Å². The largest absolute Gasteiger partial charge is 0.459 e. The zero-order valence-corrected chi connectivity index (χ0v) is 74.3. The molecule has 16 rings (SSSR count). The molecule has 6 aliphatic rings. The van der Waals surface area contributed by atoms with Crippen LogP contribution in [0.4, 0.5) is 0 Å². The molecule has 6 aliphatic heterocycles. The second-order valence-corrected chi connectivity index (χ2v) is 32.7. The Labute approximate surface area is 793 Å². The van der Waals surface area contributed by atoms with Gasteiger partial charge in [0.15, 0.2) is 67.9 Å². The average Bonchev–Trinajstić information content (AvgIpc) is 1.67. The van der Waals surface area contributed by atoms with Crippen molar-refractivity contribution in [3.05, 3.63) is 368 Å². The lowest BCUT2D eigenvalue weighted by molar-refractivity contribution is -0.384. The van der Waals surface area contributed by atoms with Crippen molar-refractivity contribution < 1.29 is 148 Å². The molecule has 10 aromatic carbocycles. The van der Waals surface area contributed by atoms with Crippen LogP contribution in [0.2, 0.25) is 0 Å². The normalized spacial score (nSPS) is 25.2. The van der Waals surface area contributed by atoms with Crippen LogP contribution in [0.3, 0.4) is 0 Å². The number of benzene rings is 10. The topological polar surface area (TPSA) is 454 Å². The van der Waals surface area contributed by atoms with Crippen molar-refractivity contribution in [2.75, 3.05) is 33.0 Å². The number of azide groups is 1. The third-order valence-corrected chi connectivity index (χ3v) is 23.7. The minimum Gasteiger partial charge on any atom is -0.459 e. The van der Waals surface area contributed by atoms with Crippen molar-refractivity contribution >= 4 is 77.4 Å². The van der Waals surface area contributed by atoms with Crippen molar-refractivity contribution in [3.63, 3.8) is 0 Å². The summed E-state index contributed by atoms with van der Waals surface area (Å²) in [6, 6.07) is 65.4. The zero-order chi connectivity index (χ0) is 97.2. The molecule has 0 aliphatic carbocycles. The van der Waals surface area contributed by atoms with E-state index in [4.69, 9.17) is 80.5 Å². The molecule has 4 saturated heterocycles. The Balaban J connectivity index is 0.932. The standard InChI is InChI=1S/C103H91N5O31/c1-59-78(131-94(117)63-38-16-5-17-39-63)84(134-97(120)66-44-22-8-23-45-66)87(136-99(122)68-48-26-10-27-49-68)103(126-59)138-83-77(108-90(113)71-52-30-31-53-72(71)91(108)114)100(139-85-81(133-96(119)65-42-20-7-21-43-65)75(58-125-93(116)62-36-14-4-15-37-62)130-102(123-55-33-11-32-54-105-106-104)86(85)135-98(121)67-46-24-9-25-47-67)128-73(56-109)79(83)137-101-76(107-88(111)69-50-28-29-51-70(69)89(107)112)82(127-60(2)110)80(132-95(118)64-40-18-6-19-41-64)74(129-101)57-124-92(115)61-34-12-3-13-35-61/h3-10,12-31,34-53,59,73-87,100-103,109H,11,32-33,54-58H2,1-2H3/t59-,73+,74+,75+,76+,77+,78+,79+,80-,81-,82+,83+,84+,85-,86+,87-,100-,101-,102-,103-/m0/s1. The molecule has 0 bridgehead atoms. The molecule has 0 spiro atoms. The summed E-state index contributed by atoms with van der Waals surface area (Å²) < 4.78 is 115. The molecule has 20 atom stereocenters. The number of aliphatic hydroxyl groups excluding tert-OH is 1. The number of esters is 9. The van der Waals surface area contributed by atoms with Gasteiger partial charge in [0.05, 0.1) is 79.5 Å². The first kappa shape index (κ1) is 96.8. The third-order valence-electron chi connectivity index (χ3n) is 23.7. The summed E-state index contributed by atoms with van der Waals surface area (Å²) in [7, 11) is 0. The van der Waals surface area contributed by atoms with Crippen LogP contribution in [-0.2, 0) is 85.3 Å². The van der Waals surface area contributed by atoms with E-state index in [0.717, 1.165) is 6.92 Å². The summed E-state index contributed by atoms with van der Waals surface area (Å²) in [5, 5.41) is 16.5. The minimum atomic E-state index is -2.59. The van der Waals surface area contributed by atoms with Crippen LogP contribution < -0.4 is 0 Å². The predicted molar refractivity (Wildman–Crippen MR) is 480 cm³/mol. The average molecular weight is 1890 g/mol. The maximum absolute atomic E-state index is 16.6. The van der Waals surface area contributed by atoms with E-state index < -0.39 is 220 Å². The van der Waals surface area contributed by atoms with E-state index in [1.54, 1.807) is 60.7 Å². The van der Waals surface area contributed by atoms with Gasteiger partial charge in [0.25, 0.3) is 23.6 Å². The van der Waals surface area contributed by atoms with Crippen molar-refractivity contribution in [1.82, 2.24) is 9.80 Å². The molecule has 0 aromatic heterocycles. The number of carbonyl (C=O) groups excluding carboxylic acids is 13. The molecule has 36 heteroatoms. The van der Waals surface area contributed by atoms with Gasteiger partial charge in [-0.1, -0.05) is 181 Å². The molecule has 36 nitrogen and oxygen atoms in total. The Morgan fingerprint density at radius 3 is 0.993 bits per heavy atom. The smallest absolute Gasteiger partial charge is 0.338 e. The second-order valence-electron chi connectivity index (χ2n) is 32.7. The van der Waals surface area contributed by atoms with Gasteiger partial charge in [0.1, 0.15) is 61.9 Å². The SMILES string of the molecule is CC(=O)O[C@H]1[C@@H](OC(=O)c2ccccc2)[C@@H](COC(=O)c2ccccc2)O[C@@H](O[C@H]2[C@H](O[C@@H]3O[C@@H](C)[C@@H](OC(=O)c4ccccc4)[C@@H](OC(=O)c4ccccc4)[C@@H]3OC(=O)c3ccccc3)[C@@H](N3C(=O)c4ccccc4C3=O)[C@H](O[C@H]3[C@@H](OC(=O)c4ccccc4)[C@@H](COC(=O)c4ccccc4)O[C@H](OCCCCCN=[N+]=[N-])[C@@H]3OC(=O)c3ccccc3)O[C@@H]2CO)[C@@H]1N1C(=O)c2ccccc2C1=O. The van der Waals surface area contributed by atoms with Gasteiger partial charge < -0.3 is 85.6 Å². The highest BCUT2D eigenvalue weighted by Gasteiger charge is 2.65. The highest BCUT2D eigenvalue weighted by molar-refractivity contribution is 6.22. The summed E-state index contributed by atoms with van der Waals surface area (Å²) in [4.78, 5) is 203. The molecule has 0 unspecified atom stereocenters. The fraction of sp³-hybridized carbons (Fsp3) is 0.291. The Bertz CT molecular complexity index is 6070. The number of unbranched alkanes of at least 4 members (excludes halogenated alkanes) is 2. The van der Waals surface area contributed by atoms with E-state index in [0.29, 0.717) is 22.6 Å². The molecular formula is C103H91N5O31. The quantitative estimate of drug-likeness (QED) is 0.00733. The summed E-state index contributed by atoms with van der Waals surface area (Å²) in [5.74, 6) is -14.6. The molecule has 714 valence electrons. The minimum absolute atomic E-state index is 0.0195. The number of carbonyl (C=O) groups is 13. The summed E-state index contributed by atoms with van der Waals surface area (Å²) in [6.07, 6.45) is -38.7. The highest BCUT2D eigenvalue weighted by Crippen LogP contribution is 2.45. The predicted octanol–water partition coefficient (Wildman–Crippen LogP) is 11.9. The highest BCUT2D eigenvalue weighted by atomic mass is 16.8. The molecular weight excluding hydrogens is 1800 g/mol. The van der Waals surface area contributed by atoms with E-state index in [9.17, 15) is 34.6 Å². The van der Waals surface area contributed by atoms with E-state index in [1.165, 1.54) is 237 Å². The van der Waals surface area contributed by atoms with E-state index in [1.807, 2.05) is 0 Å². The van der Waals surface area contributed by atoms with Gasteiger partial charge in [-0.25, -0.2) is 38.4 Å². The van der Waals surface area contributed by atoms with Crippen LogP contribution in [0.15, 0.2) is 296 Å². The van der Waals surface area contributed by atoms with E-state index in [2.05, 4.69) is 10.0 Å². The van der Waals surface area contributed by atoms with Crippen molar-refractivity contribution in [2.45, 2.75) is 156 Å². The zero-order valence-electron chi connectivity index (χ0n) is 74.3. The number of hydrogen-bond donors (Lipinski definition) is 1. The molecule has 1 N–H and O–H groups in total. The third kappa shape index (κ3) is 22.2. The maximum Gasteiger partial charge on any atom is 0.338 e. The molecule has 139 heavy (non-hydrogen) atoms. The lowest BCUT2D eigenvalue weighted by Crippen LogP contribution is -2.73. The van der Waals surface area contributed by atoms with Crippen LogP contribution in [0.5, 0.6) is 0 Å². The van der Waals surface area contributed by atoms with Gasteiger partial charge in [-0.2, -0.15) is 0 Å². The fourth-order valence-corrected chi connectivity index (χ4v) is 17.0. The Morgan fingerprint density at radius 1 is 0.324 bits per heavy atom. The van der Waals surface area contributed by atoms with Gasteiger partial charge in [-0.05, 0) is 147 Å². The first-order chi connectivity index (χ1) is 67.6.